The zero-order valence-electron chi connectivity index (χ0n) is 14.5. The molecule has 2 heteroatoms. The molecule has 0 radical (unpaired) electrons. The second-order valence-electron chi connectivity index (χ2n) is 6.86. The lowest BCUT2D eigenvalue weighted by Crippen LogP contribution is -2.15. The molecule has 0 saturated heterocycles. The molecule has 120 valence electrons. The third-order valence-electron chi connectivity index (χ3n) is 3.98. The van der Waals surface area contributed by atoms with E-state index in [2.05, 4.69) is 45.9 Å². The zero-order valence-corrected chi connectivity index (χ0v) is 14.5. The van der Waals surface area contributed by atoms with Crippen molar-refractivity contribution in [2.75, 3.05) is 13.2 Å². The van der Waals surface area contributed by atoms with Crippen LogP contribution in [-0.4, -0.2) is 13.2 Å². The van der Waals surface area contributed by atoms with Crippen molar-refractivity contribution in [3.8, 4) is 5.75 Å². The summed E-state index contributed by atoms with van der Waals surface area (Å²) >= 11 is 0. The van der Waals surface area contributed by atoms with E-state index in [9.17, 15) is 0 Å². The van der Waals surface area contributed by atoms with Crippen LogP contribution in [0.1, 0.15) is 77.3 Å². The highest BCUT2D eigenvalue weighted by Crippen LogP contribution is 2.36. The molecule has 0 aliphatic heterocycles. The summed E-state index contributed by atoms with van der Waals surface area (Å²) in [5.41, 5.74) is 8.55. The normalized spacial score (nSPS) is 13.2. The molecule has 0 heterocycles. The maximum atomic E-state index is 5.82. The van der Waals surface area contributed by atoms with Crippen LogP contribution in [0.3, 0.4) is 0 Å². The van der Waals surface area contributed by atoms with Gasteiger partial charge in [-0.1, -0.05) is 46.2 Å². The smallest absolute Gasteiger partial charge is 0.123 e. The fourth-order valence-electron chi connectivity index (χ4n) is 2.86. The number of hydrogen-bond acceptors (Lipinski definition) is 2. The predicted molar refractivity (Wildman–Crippen MR) is 92.2 cm³/mol. The Balaban J connectivity index is 3.11. The summed E-state index contributed by atoms with van der Waals surface area (Å²) in [4.78, 5) is 0. The van der Waals surface area contributed by atoms with Gasteiger partial charge >= 0.3 is 0 Å². The largest absolute Gasteiger partial charge is 0.494 e. The third-order valence-corrected chi connectivity index (χ3v) is 3.98. The number of hydrogen-bond donors (Lipinski definition) is 1. The molecular weight excluding hydrogens is 258 g/mol. The van der Waals surface area contributed by atoms with E-state index in [0.29, 0.717) is 12.5 Å². The van der Waals surface area contributed by atoms with Gasteiger partial charge < -0.3 is 10.5 Å². The van der Waals surface area contributed by atoms with Gasteiger partial charge in [-0.2, -0.15) is 0 Å². The number of rotatable bonds is 8. The predicted octanol–water partition coefficient (Wildman–Crippen LogP) is 5.01. The van der Waals surface area contributed by atoms with Gasteiger partial charge in [-0.05, 0) is 61.3 Å². The molecule has 0 aromatic heterocycles. The van der Waals surface area contributed by atoms with E-state index in [-0.39, 0.29) is 5.41 Å². The number of ether oxygens (including phenoxy) is 1. The SMILES string of the molecule is CCCC(CCCN)c1ccc(OCC)c(C(C)(C)C)c1. The Morgan fingerprint density at radius 3 is 2.38 bits per heavy atom. The van der Waals surface area contributed by atoms with Crippen molar-refractivity contribution in [2.45, 2.75) is 71.6 Å². The minimum Gasteiger partial charge on any atom is -0.494 e. The Bertz CT molecular complexity index is 420. The summed E-state index contributed by atoms with van der Waals surface area (Å²) in [6.45, 7) is 12.6. The molecule has 0 aliphatic rings. The summed E-state index contributed by atoms with van der Waals surface area (Å²) in [7, 11) is 0. The molecule has 0 fully saturated rings. The van der Waals surface area contributed by atoms with Gasteiger partial charge in [0, 0.05) is 0 Å². The molecule has 1 aromatic carbocycles. The van der Waals surface area contributed by atoms with Crippen molar-refractivity contribution in [1.29, 1.82) is 0 Å². The number of nitrogens with two attached hydrogens (primary N) is 1. The van der Waals surface area contributed by atoms with Gasteiger partial charge in [0.2, 0.25) is 0 Å². The lowest BCUT2D eigenvalue weighted by atomic mass is 9.82. The number of benzene rings is 1. The van der Waals surface area contributed by atoms with Gasteiger partial charge in [0.05, 0.1) is 6.61 Å². The van der Waals surface area contributed by atoms with Crippen molar-refractivity contribution in [2.24, 2.45) is 5.73 Å². The van der Waals surface area contributed by atoms with E-state index in [4.69, 9.17) is 10.5 Å². The first-order chi connectivity index (χ1) is 9.93. The highest BCUT2D eigenvalue weighted by atomic mass is 16.5. The van der Waals surface area contributed by atoms with Crippen molar-refractivity contribution in [1.82, 2.24) is 0 Å². The Hall–Kier alpha value is -1.02. The highest BCUT2D eigenvalue weighted by Gasteiger charge is 2.21. The monoisotopic (exact) mass is 291 g/mol. The van der Waals surface area contributed by atoms with Gasteiger partial charge in [-0.3, -0.25) is 0 Å². The average Bonchev–Trinajstić information content (AvgIpc) is 2.43. The van der Waals surface area contributed by atoms with Crippen LogP contribution >= 0.6 is 0 Å². The second kappa shape index (κ2) is 8.43. The summed E-state index contributed by atoms with van der Waals surface area (Å²) in [6.07, 6.45) is 4.73. The second-order valence-corrected chi connectivity index (χ2v) is 6.86. The molecule has 1 rings (SSSR count). The first-order valence-corrected chi connectivity index (χ1v) is 8.41. The van der Waals surface area contributed by atoms with Crippen LogP contribution in [0.15, 0.2) is 18.2 Å². The van der Waals surface area contributed by atoms with E-state index in [1.54, 1.807) is 0 Å². The highest BCUT2D eigenvalue weighted by molar-refractivity contribution is 5.42. The molecule has 0 bridgehead atoms. The van der Waals surface area contributed by atoms with Crippen molar-refractivity contribution in [3.63, 3.8) is 0 Å². The summed E-state index contributed by atoms with van der Waals surface area (Å²) in [5.74, 6) is 1.65. The van der Waals surface area contributed by atoms with Gasteiger partial charge in [0.25, 0.3) is 0 Å². The van der Waals surface area contributed by atoms with Crippen molar-refractivity contribution in [3.05, 3.63) is 29.3 Å². The van der Waals surface area contributed by atoms with E-state index < -0.39 is 0 Å². The third kappa shape index (κ3) is 5.35. The van der Waals surface area contributed by atoms with Gasteiger partial charge in [-0.25, -0.2) is 0 Å². The van der Waals surface area contributed by atoms with Crippen LogP contribution in [0.4, 0.5) is 0 Å². The minimum absolute atomic E-state index is 0.102. The van der Waals surface area contributed by atoms with Crippen LogP contribution < -0.4 is 10.5 Å². The Morgan fingerprint density at radius 1 is 1.14 bits per heavy atom. The van der Waals surface area contributed by atoms with Crippen LogP contribution in [-0.2, 0) is 5.41 Å². The van der Waals surface area contributed by atoms with Crippen molar-refractivity contribution < 1.29 is 4.74 Å². The van der Waals surface area contributed by atoms with Crippen LogP contribution in [0.5, 0.6) is 5.75 Å². The van der Waals surface area contributed by atoms with E-state index in [0.717, 1.165) is 18.7 Å². The Kier molecular flexibility index (Phi) is 7.24. The lowest BCUT2D eigenvalue weighted by molar-refractivity contribution is 0.329. The zero-order chi connectivity index (χ0) is 15.9. The molecule has 1 unspecified atom stereocenters. The quantitative estimate of drug-likeness (QED) is 0.731. The summed E-state index contributed by atoms with van der Waals surface area (Å²) in [6, 6.07) is 6.77. The van der Waals surface area contributed by atoms with Crippen LogP contribution in [0.25, 0.3) is 0 Å². The first kappa shape index (κ1) is 18.0. The summed E-state index contributed by atoms with van der Waals surface area (Å²) < 4.78 is 5.82. The fourth-order valence-corrected chi connectivity index (χ4v) is 2.86. The maximum Gasteiger partial charge on any atom is 0.123 e. The minimum atomic E-state index is 0.102. The molecule has 2 nitrogen and oxygen atoms in total. The molecular formula is C19H33NO. The first-order valence-electron chi connectivity index (χ1n) is 8.41. The maximum absolute atomic E-state index is 5.82. The molecule has 1 atom stereocenters. The fraction of sp³-hybridized carbons (Fsp3) is 0.684. The molecule has 0 spiro atoms. The molecule has 0 saturated carbocycles. The summed E-state index contributed by atoms with van der Waals surface area (Å²) in [5, 5.41) is 0. The van der Waals surface area contributed by atoms with E-state index in [1.807, 2.05) is 6.92 Å². The Morgan fingerprint density at radius 2 is 1.86 bits per heavy atom. The van der Waals surface area contributed by atoms with Crippen LogP contribution in [0, 0.1) is 0 Å². The molecule has 0 amide bonds. The molecule has 21 heavy (non-hydrogen) atoms. The topological polar surface area (TPSA) is 35.2 Å². The lowest BCUT2D eigenvalue weighted by Gasteiger charge is -2.25. The van der Waals surface area contributed by atoms with Crippen LogP contribution in [0.2, 0.25) is 0 Å². The molecule has 0 aliphatic carbocycles. The average molecular weight is 291 g/mol. The van der Waals surface area contributed by atoms with Crippen molar-refractivity contribution >= 4 is 0 Å². The molecule has 2 N–H and O–H groups in total. The molecule has 1 aromatic rings. The van der Waals surface area contributed by atoms with Gasteiger partial charge in [-0.15, -0.1) is 0 Å². The van der Waals surface area contributed by atoms with E-state index in [1.165, 1.54) is 30.4 Å². The Labute approximate surface area is 131 Å². The standard InChI is InChI=1S/C19H33NO/c1-6-9-15(10-8-13-20)16-11-12-18(21-7-2)17(14-16)19(3,4)5/h11-12,14-15H,6-10,13,20H2,1-5H3. The van der Waals surface area contributed by atoms with E-state index >= 15 is 0 Å². The van der Waals surface area contributed by atoms with Gasteiger partial charge in [0.15, 0.2) is 0 Å². The van der Waals surface area contributed by atoms with Gasteiger partial charge in [0.1, 0.15) is 5.75 Å².